The summed E-state index contributed by atoms with van der Waals surface area (Å²) in [5, 5.41) is 0. The summed E-state index contributed by atoms with van der Waals surface area (Å²) < 4.78 is 4.66. The van der Waals surface area contributed by atoms with Crippen LogP contribution in [0.2, 0.25) is 0 Å². The van der Waals surface area contributed by atoms with Gasteiger partial charge in [-0.3, -0.25) is 4.79 Å². The second-order valence-corrected chi connectivity index (χ2v) is 6.93. The van der Waals surface area contributed by atoms with Gasteiger partial charge >= 0.3 is 5.97 Å². The van der Waals surface area contributed by atoms with Crippen molar-refractivity contribution in [3.05, 3.63) is 58.7 Å². The molecule has 1 aliphatic rings. The molecule has 0 unspecified atom stereocenters. The van der Waals surface area contributed by atoms with Crippen molar-refractivity contribution in [2.45, 2.75) is 53.9 Å². The maximum absolute atomic E-state index is 11.2. The van der Waals surface area contributed by atoms with Gasteiger partial charge in [-0.15, -0.1) is 0 Å². The zero-order chi connectivity index (χ0) is 17.5. The lowest BCUT2D eigenvalue weighted by atomic mass is 9.73. The molecular weight excluding hydrogens is 284 g/mol. The number of methoxy groups -OCH3 is 1. The van der Waals surface area contributed by atoms with Crippen molar-refractivity contribution in [3.63, 3.8) is 0 Å². The molecule has 0 saturated carbocycles. The number of esters is 1. The van der Waals surface area contributed by atoms with E-state index in [9.17, 15) is 4.79 Å². The van der Waals surface area contributed by atoms with E-state index in [1.54, 1.807) is 0 Å². The Hall–Kier alpha value is -1.83. The van der Waals surface area contributed by atoms with Crippen LogP contribution in [0.5, 0.6) is 0 Å². The van der Waals surface area contributed by atoms with Crippen molar-refractivity contribution in [3.8, 4) is 0 Å². The monoisotopic (exact) mass is 314 g/mol. The van der Waals surface area contributed by atoms with Crippen LogP contribution < -0.4 is 0 Å². The molecule has 0 spiro atoms. The maximum atomic E-state index is 11.2. The summed E-state index contributed by atoms with van der Waals surface area (Å²) in [5.74, 6) is -0.203. The first-order valence-corrected chi connectivity index (χ1v) is 8.23. The molecule has 0 N–H and O–H groups in total. The SMILES string of the molecule is COC(=O)C/C(C)=C/C=C/C(C)=C/C=C1\C(C)=CCCC1(C)C. The summed E-state index contributed by atoms with van der Waals surface area (Å²) in [6.07, 6.45) is 15.5. The minimum atomic E-state index is -0.203. The number of carbonyl (C=O) groups is 1. The van der Waals surface area contributed by atoms with E-state index < -0.39 is 0 Å². The Morgan fingerprint density at radius 1 is 1.30 bits per heavy atom. The average Bonchev–Trinajstić information content (AvgIpc) is 2.45. The Balaban J connectivity index is 2.77. The van der Waals surface area contributed by atoms with Crippen molar-refractivity contribution in [2.75, 3.05) is 7.11 Å². The van der Waals surface area contributed by atoms with Gasteiger partial charge in [0, 0.05) is 0 Å². The van der Waals surface area contributed by atoms with Crippen LogP contribution in [0.1, 0.15) is 53.9 Å². The van der Waals surface area contributed by atoms with Gasteiger partial charge in [-0.05, 0) is 44.6 Å². The molecule has 0 fully saturated rings. The summed E-state index contributed by atoms with van der Waals surface area (Å²) in [4.78, 5) is 11.2. The summed E-state index contributed by atoms with van der Waals surface area (Å²) >= 11 is 0. The third-order valence-corrected chi connectivity index (χ3v) is 4.28. The highest BCUT2D eigenvalue weighted by atomic mass is 16.5. The van der Waals surface area contributed by atoms with Crippen molar-refractivity contribution in [2.24, 2.45) is 5.41 Å². The van der Waals surface area contributed by atoms with E-state index in [1.807, 2.05) is 19.1 Å². The smallest absolute Gasteiger partial charge is 0.309 e. The van der Waals surface area contributed by atoms with Gasteiger partial charge in [0.15, 0.2) is 0 Å². The molecule has 0 bridgehead atoms. The third-order valence-electron chi connectivity index (χ3n) is 4.28. The van der Waals surface area contributed by atoms with E-state index in [0.717, 1.165) is 5.57 Å². The summed E-state index contributed by atoms with van der Waals surface area (Å²) in [5.41, 5.74) is 5.24. The first kappa shape index (κ1) is 19.2. The Morgan fingerprint density at radius 2 is 2.00 bits per heavy atom. The van der Waals surface area contributed by atoms with Crippen LogP contribution in [0.4, 0.5) is 0 Å². The average molecular weight is 314 g/mol. The molecule has 0 amide bonds. The standard InChI is InChI=1S/C21H30O2/c1-16(9-7-10-17(2)15-20(22)23-6)12-13-19-18(3)11-8-14-21(19,4)5/h7,9-13H,8,14-15H2,1-6H3/b9-7+,16-12+,17-10+,19-13+. The Labute approximate surface area is 141 Å². The van der Waals surface area contributed by atoms with Crippen molar-refractivity contribution < 1.29 is 9.53 Å². The Morgan fingerprint density at radius 3 is 2.61 bits per heavy atom. The Bertz CT molecular complexity index is 581. The van der Waals surface area contributed by atoms with E-state index in [-0.39, 0.29) is 11.4 Å². The van der Waals surface area contributed by atoms with Crippen LogP contribution in [-0.2, 0) is 9.53 Å². The lowest BCUT2D eigenvalue weighted by molar-refractivity contribution is -0.139. The van der Waals surface area contributed by atoms with E-state index in [4.69, 9.17) is 0 Å². The van der Waals surface area contributed by atoms with Gasteiger partial charge in [0.05, 0.1) is 13.5 Å². The fourth-order valence-electron chi connectivity index (χ4n) is 2.78. The van der Waals surface area contributed by atoms with Crippen LogP contribution in [0.3, 0.4) is 0 Å². The first-order valence-electron chi connectivity index (χ1n) is 8.23. The van der Waals surface area contributed by atoms with Gasteiger partial charge in [0.25, 0.3) is 0 Å². The van der Waals surface area contributed by atoms with Crippen LogP contribution in [0, 0.1) is 5.41 Å². The molecule has 0 heterocycles. The highest BCUT2D eigenvalue weighted by molar-refractivity contribution is 5.72. The molecule has 1 rings (SSSR count). The molecule has 0 aromatic heterocycles. The van der Waals surface area contributed by atoms with Gasteiger partial charge in [-0.2, -0.15) is 0 Å². The van der Waals surface area contributed by atoms with Crippen LogP contribution in [0.15, 0.2) is 58.7 Å². The minimum Gasteiger partial charge on any atom is -0.469 e. The number of ether oxygens (including phenoxy) is 1. The predicted molar refractivity (Wildman–Crippen MR) is 98.1 cm³/mol. The molecule has 1 aliphatic carbocycles. The molecule has 0 aliphatic heterocycles. The van der Waals surface area contributed by atoms with Crippen molar-refractivity contribution in [1.82, 2.24) is 0 Å². The number of hydrogen-bond acceptors (Lipinski definition) is 2. The molecule has 2 heteroatoms. The molecular formula is C21H30O2. The molecule has 0 saturated heterocycles. The van der Waals surface area contributed by atoms with E-state index in [0.29, 0.717) is 6.42 Å². The molecule has 2 nitrogen and oxygen atoms in total. The second-order valence-electron chi connectivity index (χ2n) is 6.93. The highest BCUT2D eigenvalue weighted by Crippen LogP contribution is 2.40. The second kappa shape index (κ2) is 8.71. The van der Waals surface area contributed by atoms with Crippen LogP contribution >= 0.6 is 0 Å². The fourth-order valence-corrected chi connectivity index (χ4v) is 2.78. The van der Waals surface area contributed by atoms with Gasteiger partial charge in [-0.1, -0.05) is 67.0 Å². The largest absolute Gasteiger partial charge is 0.469 e. The van der Waals surface area contributed by atoms with Gasteiger partial charge in [0.2, 0.25) is 0 Å². The van der Waals surface area contributed by atoms with Crippen molar-refractivity contribution in [1.29, 1.82) is 0 Å². The molecule has 126 valence electrons. The molecule has 23 heavy (non-hydrogen) atoms. The summed E-state index contributed by atoms with van der Waals surface area (Å²) in [6, 6.07) is 0. The lowest BCUT2D eigenvalue weighted by Gasteiger charge is -2.32. The minimum absolute atomic E-state index is 0.203. The summed E-state index contributed by atoms with van der Waals surface area (Å²) in [6.45, 7) is 10.8. The molecule has 0 radical (unpaired) electrons. The number of rotatable bonds is 5. The summed E-state index contributed by atoms with van der Waals surface area (Å²) in [7, 11) is 1.41. The van der Waals surface area contributed by atoms with Crippen molar-refractivity contribution >= 4 is 5.97 Å². The zero-order valence-corrected chi connectivity index (χ0v) is 15.4. The van der Waals surface area contributed by atoms with Crippen LogP contribution in [-0.4, -0.2) is 13.1 Å². The van der Waals surface area contributed by atoms with Gasteiger partial charge in [0.1, 0.15) is 0 Å². The third kappa shape index (κ3) is 6.43. The van der Waals surface area contributed by atoms with Crippen LogP contribution in [0.25, 0.3) is 0 Å². The maximum Gasteiger partial charge on any atom is 0.309 e. The number of allylic oxidation sites excluding steroid dienone is 9. The molecule has 0 atom stereocenters. The number of carbonyl (C=O) groups excluding carboxylic acids is 1. The fraction of sp³-hybridized carbons (Fsp3) is 0.476. The normalized spacial score (nSPS) is 20.8. The molecule has 0 aromatic rings. The van der Waals surface area contributed by atoms with E-state index in [1.165, 1.54) is 36.7 Å². The predicted octanol–water partition coefficient (Wildman–Crippen LogP) is 5.69. The van der Waals surface area contributed by atoms with E-state index >= 15 is 0 Å². The number of hydrogen-bond donors (Lipinski definition) is 0. The Kier molecular flexibility index (Phi) is 7.28. The first-order chi connectivity index (χ1) is 10.8. The zero-order valence-electron chi connectivity index (χ0n) is 15.4. The van der Waals surface area contributed by atoms with Gasteiger partial charge < -0.3 is 4.74 Å². The van der Waals surface area contributed by atoms with Gasteiger partial charge in [-0.25, -0.2) is 0 Å². The van der Waals surface area contributed by atoms with E-state index in [2.05, 4.69) is 56.7 Å². The quantitative estimate of drug-likeness (QED) is 0.481. The molecule has 0 aromatic carbocycles. The highest BCUT2D eigenvalue weighted by Gasteiger charge is 2.26. The topological polar surface area (TPSA) is 26.3 Å². The lowest BCUT2D eigenvalue weighted by Crippen LogP contribution is -2.18.